The Balaban J connectivity index is 1.34. The van der Waals surface area contributed by atoms with Crippen molar-refractivity contribution in [2.75, 3.05) is 19.6 Å². The fraction of sp³-hybridized carbons (Fsp3) is 0.571. The number of hydrogen-bond donors (Lipinski definition) is 2. The van der Waals surface area contributed by atoms with Crippen LogP contribution in [0.5, 0.6) is 0 Å². The molecule has 1 amide bonds. The molecule has 8 heteroatoms. The molecule has 4 atom stereocenters. The Bertz CT molecular complexity index is 860. The minimum atomic E-state index is -0.857. The number of fused-ring (bicyclic) bond motifs is 3. The molecular formula is C21H28N4O4. The van der Waals surface area contributed by atoms with Crippen molar-refractivity contribution < 1.29 is 19.1 Å². The quantitative estimate of drug-likeness (QED) is 0.705. The second-order valence-electron chi connectivity index (χ2n) is 8.15. The zero-order chi connectivity index (χ0) is 20.4. The third-order valence-electron chi connectivity index (χ3n) is 6.28. The number of nitrogens with one attached hydrogen (secondary N) is 1. The molecule has 2 N–H and O–H groups in total. The number of piperidine rings is 3. The van der Waals surface area contributed by atoms with Gasteiger partial charge >= 0.3 is 5.97 Å². The molecule has 3 saturated heterocycles. The number of amides is 1. The lowest BCUT2D eigenvalue weighted by Crippen LogP contribution is -2.56. The van der Waals surface area contributed by atoms with Crippen molar-refractivity contribution in [3.05, 3.63) is 30.2 Å². The van der Waals surface area contributed by atoms with Gasteiger partial charge in [-0.1, -0.05) is 0 Å². The van der Waals surface area contributed by atoms with Crippen LogP contribution < -0.4 is 5.32 Å². The van der Waals surface area contributed by atoms with Crippen LogP contribution in [0.25, 0.3) is 11.5 Å². The SMILES string of the molecule is Cn1nc(-c2ccco2)cc1[C@@H]1CN2CC[C@H]1C[C@@H]2CNC(=O)CCCC(=O)O. The number of hydrogen-bond acceptors (Lipinski definition) is 5. The van der Waals surface area contributed by atoms with E-state index in [0.29, 0.717) is 30.8 Å². The molecule has 0 aliphatic carbocycles. The standard InChI is InChI=1S/C21H28N4O4/c1-24-18(11-17(23-24)19-4-3-9-29-19)16-13-25-8-7-14(16)10-15(25)12-22-20(26)5-2-6-21(27)28/h3-4,9,11,14-16H,2,5-8,10,12-13H2,1H3,(H,22,26)(H,27,28)/t14-,15+,16+/m0/s1. The second-order valence-corrected chi connectivity index (χ2v) is 8.15. The van der Waals surface area contributed by atoms with Crippen LogP contribution in [0, 0.1) is 5.92 Å². The van der Waals surface area contributed by atoms with Gasteiger partial charge < -0.3 is 14.8 Å². The molecule has 29 heavy (non-hydrogen) atoms. The lowest BCUT2D eigenvalue weighted by atomic mass is 9.74. The number of carboxylic acids is 1. The fourth-order valence-electron chi connectivity index (χ4n) is 4.78. The smallest absolute Gasteiger partial charge is 0.303 e. The van der Waals surface area contributed by atoms with Gasteiger partial charge in [0.05, 0.1) is 6.26 Å². The number of nitrogens with zero attached hydrogens (tertiary/aromatic N) is 3. The molecule has 156 valence electrons. The van der Waals surface area contributed by atoms with Gasteiger partial charge in [0.15, 0.2) is 5.76 Å². The van der Waals surface area contributed by atoms with Crippen molar-refractivity contribution in [1.82, 2.24) is 20.0 Å². The molecule has 5 rings (SSSR count). The van der Waals surface area contributed by atoms with E-state index in [1.165, 1.54) is 5.69 Å². The van der Waals surface area contributed by atoms with Crippen LogP contribution >= 0.6 is 0 Å². The monoisotopic (exact) mass is 400 g/mol. The van der Waals surface area contributed by atoms with Crippen molar-refractivity contribution in [3.8, 4) is 11.5 Å². The Kier molecular flexibility index (Phi) is 5.71. The third kappa shape index (κ3) is 4.37. The lowest BCUT2D eigenvalue weighted by molar-refractivity contribution is -0.137. The predicted octanol–water partition coefficient (Wildman–Crippen LogP) is 2.23. The summed E-state index contributed by atoms with van der Waals surface area (Å²) < 4.78 is 7.47. The summed E-state index contributed by atoms with van der Waals surface area (Å²) in [4.78, 5) is 25.0. The molecule has 0 saturated carbocycles. The van der Waals surface area contributed by atoms with Crippen LogP contribution in [0.4, 0.5) is 0 Å². The van der Waals surface area contributed by atoms with Crippen molar-refractivity contribution in [3.63, 3.8) is 0 Å². The van der Waals surface area contributed by atoms with Crippen LogP contribution in [-0.4, -0.2) is 57.3 Å². The van der Waals surface area contributed by atoms with Gasteiger partial charge in [-0.15, -0.1) is 0 Å². The van der Waals surface area contributed by atoms with Gasteiger partial charge in [0, 0.05) is 50.6 Å². The van der Waals surface area contributed by atoms with Crippen molar-refractivity contribution in [2.24, 2.45) is 13.0 Å². The van der Waals surface area contributed by atoms with E-state index in [0.717, 1.165) is 37.4 Å². The van der Waals surface area contributed by atoms with Crippen LogP contribution in [0.1, 0.15) is 43.7 Å². The number of aryl methyl sites for hydroxylation is 1. The van der Waals surface area contributed by atoms with E-state index in [1.54, 1.807) is 6.26 Å². The molecule has 3 aliphatic rings. The summed E-state index contributed by atoms with van der Waals surface area (Å²) in [6.07, 6.45) is 4.58. The average Bonchev–Trinajstić information content (AvgIpc) is 3.36. The number of carboxylic acid groups (broad SMARTS) is 1. The topological polar surface area (TPSA) is 101 Å². The summed E-state index contributed by atoms with van der Waals surface area (Å²) in [5, 5.41) is 16.3. The molecule has 3 fully saturated rings. The average molecular weight is 400 g/mol. The lowest BCUT2D eigenvalue weighted by Gasteiger charge is -2.50. The maximum Gasteiger partial charge on any atom is 0.303 e. The highest BCUT2D eigenvalue weighted by Crippen LogP contribution is 2.42. The van der Waals surface area contributed by atoms with Crippen LogP contribution in [0.15, 0.2) is 28.9 Å². The number of rotatable bonds is 8. The maximum absolute atomic E-state index is 12.0. The molecule has 0 spiro atoms. The van der Waals surface area contributed by atoms with Gasteiger partial charge in [-0.05, 0) is 49.9 Å². The Labute approximate surface area is 169 Å². The number of carbonyl (C=O) groups is 2. The first-order valence-electron chi connectivity index (χ1n) is 10.3. The maximum atomic E-state index is 12.0. The fourth-order valence-corrected chi connectivity index (χ4v) is 4.78. The molecule has 1 unspecified atom stereocenters. The van der Waals surface area contributed by atoms with E-state index in [4.69, 9.17) is 9.52 Å². The van der Waals surface area contributed by atoms with Crippen molar-refractivity contribution in [1.29, 1.82) is 0 Å². The molecule has 2 aromatic heterocycles. The van der Waals surface area contributed by atoms with Crippen LogP contribution in [-0.2, 0) is 16.6 Å². The molecule has 8 nitrogen and oxygen atoms in total. The molecule has 2 aromatic rings. The molecule has 3 aliphatic heterocycles. The highest BCUT2D eigenvalue weighted by molar-refractivity contribution is 5.76. The minimum Gasteiger partial charge on any atom is -0.481 e. The summed E-state index contributed by atoms with van der Waals surface area (Å²) in [5.41, 5.74) is 2.11. The van der Waals surface area contributed by atoms with Crippen LogP contribution in [0.2, 0.25) is 0 Å². The van der Waals surface area contributed by atoms with Crippen molar-refractivity contribution in [2.45, 2.75) is 44.1 Å². The van der Waals surface area contributed by atoms with Gasteiger partial charge in [-0.25, -0.2) is 0 Å². The van der Waals surface area contributed by atoms with E-state index in [2.05, 4.69) is 21.4 Å². The Morgan fingerprint density at radius 1 is 1.38 bits per heavy atom. The van der Waals surface area contributed by atoms with Gasteiger partial charge in [0.1, 0.15) is 5.69 Å². The summed E-state index contributed by atoms with van der Waals surface area (Å²) >= 11 is 0. The first-order valence-corrected chi connectivity index (χ1v) is 10.3. The zero-order valence-corrected chi connectivity index (χ0v) is 16.7. The molecule has 5 heterocycles. The first kappa shape index (κ1) is 19.7. The first-order chi connectivity index (χ1) is 14.0. The molecule has 0 aromatic carbocycles. The van der Waals surface area contributed by atoms with Gasteiger partial charge in [0.2, 0.25) is 5.91 Å². The van der Waals surface area contributed by atoms with E-state index < -0.39 is 5.97 Å². The molecule has 2 bridgehead atoms. The predicted molar refractivity (Wildman–Crippen MR) is 106 cm³/mol. The zero-order valence-electron chi connectivity index (χ0n) is 16.7. The second kappa shape index (κ2) is 8.41. The number of aliphatic carboxylic acids is 1. The number of carbonyl (C=O) groups excluding carboxylic acids is 1. The largest absolute Gasteiger partial charge is 0.481 e. The third-order valence-corrected chi connectivity index (χ3v) is 6.28. The Morgan fingerprint density at radius 3 is 2.93 bits per heavy atom. The highest BCUT2D eigenvalue weighted by Gasteiger charge is 2.41. The Hall–Kier alpha value is -2.61. The molecular weight excluding hydrogens is 372 g/mol. The van der Waals surface area contributed by atoms with Gasteiger partial charge in [-0.2, -0.15) is 5.10 Å². The summed E-state index contributed by atoms with van der Waals surface area (Å²) in [5.74, 6) is 0.892. The van der Waals surface area contributed by atoms with E-state index >= 15 is 0 Å². The van der Waals surface area contributed by atoms with E-state index in [-0.39, 0.29) is 18.7 Å². The van der Waals surface area contributed by atoms with E-state index in [1.807, 2.05) is 23.9 Å². The summed E-state index contributed by atoms with van der Waals surface area (Å²) in [7, 11) is 1.99. The number of furan rings is 1. The summed E-state index contributed by atoms with van der Waals surface area (Å²) in [6.45, 7) is 2.67. The van der Waals surface area contributed by atoms with Crippen LogP contribution in [0.3, 0.4) is 0 Å². The van der Waals surface area contributed by atoms with Crippen molar-refractivity contribution >= 4 is 11.9 Å². The molecule has 0 radical (unpaired) electrons. The van der Waals surface area contributed by atoms with Gasteiger partial charge in [-0.3, -0.25) is 19.2 Å². The highest BCUT2D eigenvalue weighted by atomic mass is 16.4. The summed E-state index contributed by atoms with van der Waals surface area (Å²) in [6, 6.07) is 6.30. The normalized spacial score (nSPS) is 25.8. The number of aromatic nitrogens is 2. The van der Waals surface area contributed by atoms with Gasteiger partial charge in [0.25, 0.3) is 0 Å². The minimum absolute atomic E-state index is 0.0391. The Morgan fingerprint density at radius 2 is 2.24 bits per heavy atom. The van der Waals surface area contributed by atoms with E-state index in [9.17, 15) is 9.59 Å².